The predicted molar refractivity (Wildman–Crippen MR) is 168 cm³/mol. The highest BCUT2D eigenvalue weighted by Crippen LogP contribution is 2.37. The molecule has 1 fully saturated rings. The Morgan fingerprint density at radius 2 is 1.77 bits per heavy atom. The Hall–Kier alpha value is -4.63. The molecule has 2 N–H and O–H groups in total. The molecule has 0 spiro atoms. The summed E-state index contributed by atoms with van der Waals surface area (Å²) in [5.74, 6) is 1.32. The summed E-state index contributed by atoms with van der Waals surface area (Å²) in [5, 5.41) is 6.94. The van der Waals surface area contributed by atoms with Crippen LogP contribution in [0.4, 0.5) is 10.1 Å². The second-order valence-corrected chi connectivity index (χ2v) is 10.7. The number of methoxy groups -OCH3 is 1. The molecule has 8 nitrogen and oxygen atoms in total. The normalized spacial score (nSPS) is 13.8. The zero-order valence-corrected chi connectivity index (χ0v) is 24.7. The molecule has 1 aromatic heterocycles. The van der Waals surface area contributed by atoms with Crippen LogP contribution in [0.3, 0.4) is 0 Å². The van der Waals surface area contributed by atoms with Gasteiger partial charge in [0, 0.05) is 30.1 Å². The van der Waals surface area contributed by atoms with Crippen molar-refractivity contribution >= 4 is 16.6 Å². The van der Waals surface area contributed by atoms with Gasteiger partial charge in [-0.1, -0.05) is 43.5 Å². The van der Waals surface area contributed by atoms with Gasteiger partial charge in [0.15, 0.2) is 23.1 Å². The zero-order chi connectivity index (χ0) is 30.2. The van der Waals surface area contributed by atoms with Crippen LogP contribution in [0, 0.1) is 11.7 Å². The minimum absolute atomic E-state index is 0.0255. The average molecular weight is 584 g/mol. The Balaban J connectivity index is 1.22. The Kier molecular flexibility index (Phi) is 9.73. The molecule has 0 atom stereocenters. The van der Waals surface area contributed by atoms with E-state index in [1.54, 1.807) is 25.3 Å². The number of aromatic nitrogens is 2. The minimum Gasteiger partial charge on any atom is -0.493 e. The summed E-state index contributed by atoms with van der Waals surface area (Å²) in [6.07, 6.45) is 4.44. The summed E-state index contributed by atoms with van der Waals surface area (Å²) in [6, 6.07) is 18.4. The highest BCUT2D eigenvalue weighted by molar-refractivity contribution is 5.87. The van der Waals surface area contributed by atoms with E-state index in [0.717, 1.165) is 32.4 Å². The van der Waals surface area contributed by atoms with E-state index >= 15 is 4.39 Å². The van der Waals surface area contributed by atoms with Crippen LogP contribution in [-0.4, -0.2) is 55.3 Å². The van der Waals surface area contributed by atoms with Crippen molar-refractivity contribution in [3.05, 3.63) is 103 Å². The lowest BCUT2D eigenvalue weighted by Crippen LogP contribution is -2.32. The maximum Gasteiger partial charge on any atom is 0.230 e. The van der Waals surface area contributed by atoms with Crippen molar-refractivity contribution in [1.82, 2.24) is 20.2 Å². The molecule has 5 rings (SSSR count). The number of fused-ring (bicyclic) bond motifs is 1. The van der Waals surface area contributed by atoms with Gasteiger partial charge in [-0.25, -0.2) is 14.4 Å². The summed E-state index contributed by atoms with van der Waals surface area (Å²) >= 11 is 0. The van der Waals surface area contributed by atoms with E-state index in [2.05, 4.69) is 57.8 Å². The summed E-state index contributed by atoms with van der Waals surface area (Å²) in [5.41, 5.74) is 3.53. The molecule has 9 heteroatoms. The van der Waals surface area contributed by atoms with Gasteiger partial charge < -0.3 is 29.7 Å². The molecular formula is C34H38FN5O3. The third kappa shape index (κ3) is 7.81. The number of hydrogen-bond donors (Lipinski definition) is 2. The largest absolute Gasteiger partial charge is 0.493 e. The lowest BCUT2D eigenvalue weighted by Gasteiger charge is -2.28. The first kappa shape index (κ1) is 29.8. The fourth-order valence-corrected chi connectivity index (χ4v) is 4.95. The van der Waals surface area contributed by atoms with Crippen LogP contribution in [0.1, 0.15) is 18.4 Å². The number of ether oxygens (including phenoxy) is 3. The van der Waals surface area contributed by atoms with Crippen LogP contribution >= 0.6 is 0 Å². The average Bonchev–Trinajstić information content (AvgIpc) is 3.02. The topological polar surface area (TPSA) is 80.8 Å². The Labute approximate surface area is 252 Å². The number of halogens is 1. The zero-order valence-electron chi connectivity index (χ0n) is 24.7. The van der Waals surface area contributed by atoms with Crippen LogP contribution < -0.4 is 24.8 Å². The molecular weight excluding hydrogens is 545 g/mol. The minimum atomic E-state index is -0.558. The molecule has 0 bridgehead atoms. The van der Waals surface area contributed by atoms with Gasteiger partial charge in [-0.05, 0) is 69.1 Å². The Morgan fingerprint density at radius 1 is 0.977 bits per heavy atom. The summed E-state index contributed by atoms with van der Waals surface area (Å²) in [6.45, 7) is 11.5. The molecule has 0 saturated carbocycles. The van der Waals surface area contributed by atoms with Crippen molar-refractivity contribution in [2.24, 2.45) is 5.92 Å². The number of anilines is 1. The predicted octanol–water partition coefficient (Wildman–Crippen LogP) is 6.56. The maximum absolute atomic E-state index is 15.2. The Bertz CT molecular complexity index is 1570. The van der Waals surface area contributed by atoms with Gasteiger partial charge in [0.1, 0.15) is 6.33 Å². The first-order valence-electron chi connectivity index (χ1n) is 14.4. The van der Waals surface area contributed by atoms with Crippen LogP contribution in [0.25, 0.3) is 10.9 Å². The van der Waals surface area contributed by atoms with E-state index in [1.807, 2.05) is 24.3 Å². The van der Waals surface area contributed by atoms with Gasteiger partial charge >= 0.3 is 0 Å². The lowest BCUT2D eigenvalue weighted by atomic mass is 9.98. The monoisotopic (exact) mass is 583 g/mol. The highest BCUT2D eigenvalue weighted by atomic mass is 19.1. The highest BCUT2D eigenvalue weighted by Gasteiger charge is 2.19. The molecule has 0 aliphatic carbocycles. The van der Waals surface area contributed by atoms with Crippen molar-refractivity contribution in [3.63, 3.8) is 0 Å². The molecule has 0 radical (unpaired) electrons. The summed E-state index contributed by atoms with van der Waals surface area (Å²) < 4.78 is 32.9. The molecule has 4 aromatic rings. The number of benzene rings is 3. The van der Waals surface area contributed by atoms with E-state index in [4.69, 9.17) is 14.2 Å². The van der Waals surface area contributed by atoms with Crippen molar-refractivity contribution in [1.29, 1.82) is 0 Å². The number of rotatable bonds is 13. The molecule has 1 saturated heterocycles. The fourth-order valence-electron chi connectivity index (χ4n) is 4.95. The molecule has 1 aliphatic rings. The van der Waals surface area contributed by atoms with Crippen molar-refractivity contribution in [2.45, 2.75) is 19.3 Å². The Morgan fingerprint density at radius 3 is 2.51 bits per heavy atom. The third-order valence-electron chi connectivity index (χ3n) is 7.59. The van der Waals surface area contributed by atoms with E-state index in [9.17, 15) is 0 Å². The molecule has 43 heavy (non-hydrogen) atoms. The van der Waals surface area contributed by atoms with Crippen molar-refractivity contribution < 1.29 is 18.6 Å². The summed E-state index contributed by atoms with van der Waals surface area (Å²) in [7, 11) is 3.72. The fraction of sp³-hybridized carbons (Fsp3) is 0.294. The quantitative estimate of drug-likeness (QED) is 0.171. The molecule has 224 valence electrons. The van der Waals surface area contributed by atoms with Crippen molar-refractivity contribution in [2.75, 3.05) is 45.7 Å². The van der Waals surface area contributed by atoms with E-state index < -0.39 is 5.82 Å². The van der Waals surface area contributed by atoms with Gasteiger partial charge in [-0.2, -0.15) is 0 Å². The molecule has 2 heterocycles. The number of nitrogens with one attached hydrogen (secondary N) is 2. The second-order valence-electron chi connectivity index (χ2n) is 10.7. The summed E-state index contributed by atoms with van der Waals surface area (Å²) in [4.78, 5) is 11.0. The van der Waals surface area contributed by atoms with Gasteiger partial charge in [-0.15, -0.1) is 0 Å². The van der Waals surface area contributed by atoms with Crippen molar-refractivity contribution in [3.8, 4) is 23.1 Å². The first-order chi connectivity index (χ1) is 20.9. The first-order valence-corrected chi connectivity index (χ1v) is 14.4. The smallest absolute Gasteiger partial charge is 0.230 e. The number of hydrogen-bond acceptors (Lipinski definition) is 8. The second kappa shape index (κ2) is 14.0. The van der Waals surface area contributed by atoms with E-state index in [1.165, 1.54) is 18.0 Å². The standard InChI is InChI=1S/C34H38FN5O3/c1-23(36-15-12-25-8-6-5-7-9-25)24(2)39-27-10-11-31(29(35)18-27)43-34-28-19-32(41-4)33(20-30(28)37-22-38-34)42-21-26-13-16-40(3)17-14-26/h5-11,18-20,22,26,36,39H,1-2,12-17,21H2,3-4H3. The van der Waals surface area contributed by atoms with Gasteiger partial charge in [0.2, 0.25) is 5.88 Å². The number of piperidine rings is 1. The van der Waals surface area contributed by atoms with E-state index in [0.29, 0.717) is 58.6 Å². The molecule has 0 amide bonds. The SMILES string of the molecule is C=C(NCCc1ccccc1)C(=C)Nc1ccc(Oc2ncnc3cc(OCC4CCN(C)CC4)c(OC)cc23)c(F)c1. The van der Waals surface area contributed by atoms with E-state index in [-0.39, 0.29) is 11.6 Å². The van der Waals surface area contributed by atoms with Gasteiger partial charge in [0.25, 0.3) is 0 Å². The number of nitrogens with zero attached hydrogens (tertiary/aromatic N) is 3. The van der Waals surface area contributed by atoms with Crippen LogP contribution in [0.15, 0.2) is 91.5 Å². The number of likely N-dealkylation sites (tertiary alicyclic amines) is 1. The molecule has 0 unspecified atom stereocenters. The van der Waals surface area contributed by atoms with Crippen LogP contribution in [-0.2, 0) is 6.42 Å². The molecule has 1 aliphatic heterocycles. The van der Waals surface area contributed by atoms with Gasteiger partial charge in [-0.3, -0.25) is 0 Å². The maximum atomic E-state index is 15.2. The van der Waals surface area contributed by atoms with Crippen LogP contribution in [0.5, 0.6) is 23.1 Å². The molecule has 3 aromatic carbocycles. The van der Waals surface area contributed by atoms with Crippen LogP contribution in [0.2, 0.25) is 0 Å². The van der Waals surface area contributed by atoms with Gasteiger partial charge in [0.05, 0.1) is 30.3 Å². The lowest BCUT2D eigenvalue weighted by molar-refractivity contribution is 0.157. The third-order valence-corrected chi connectivity index (χ3v) is 7.59.